The quantitative estimate of drug-likeness (QED) is 0.523. The van der Waals surface area contributed by atoms with E-state index in [1.54, 1.807) is 0 Å². The Morgan fingerprint density at radius 3 is 1.71 bits per heavy atom. The van der Waals surface area contributed by atoms with Gasteiger partial charge in [0.15, 0.2) is 0 Å². The number of hydrogen-bond acceptors (Lipinski definition) is 2. The number of carboxylic acids is 1. The third-order valence-electron chi connectivity index (χ3n) is 1.08. The van der Waals surface area contributed by atoms with Crippen molar-refractivity contribution in [2.75, 3.05) is 0 Å². The van der Waals surface area contributed by atoms with Crippen LogP contribution in [0.25, 0.3) is 0 Å². The van der Waals surface area contributed by atoms with E-state index >= 15 is 0 Å². The van der Waals surface area contributed by atoms with Crippen molar-refractivity contribution in [3.05, 3.63) is 35.6 Å². The summed E-state index contributed by atoms with van der Waals surface area (Å²) in [5, 5.41) is 10.1. The minimum absolute atomic E-state index is 0. The molecule has 5 nitrogen and oxygen atoms in total. The van der Waals surface area contributed by atoms with Crippen LogP contribution in [0.5, 0.6) is 0 Å². The van der Waals surface area contributed by atoms with Gasteiger partial charge < -0.3 is 26.3 Å². The van der Waals surface area contributed by atoms with E-state index < -0.39 is 11.8 Å². The van der Waals surface area contributed by atoms with Crippen molar-refractivity contribution in [3.8, 4) is 0 Å². The van der Waals surface area contributed by atoms with Gasteiger partial charge in [0, 0.05) is 0 Å². The standard InChI is InChI=1S/C7H5FO2.Cu.3H2O/c8-6-3-1-5(2-4-6)7(9)10;;;;/h1-4H,(H,9,10);;3*1H2/q;+2;;;/p-1. The van der Waals surface area contributed by atoms with E-state index in [2.05, 4.69) is 0 Å². The Bertz CT molecular complexity index is 251. The Labute approximate surface area is 90.0 Å². The molecule has 0 aliphatic heterocycles. The van der Waals surface area contributed by atoms with Crippen molar-refractivity contribution in [3.63, 3.8) is 0 Å². The van der Waals surface area contributed by atoms with Gasteiger partial charge in [-0.25, -0.2) is 4.39 Å². The molecule has 0 atom stereocenters. The van der Waals surface area contributed by atoms with Gasteiger partial charge in [-0.1, -0.05) is 12.1 Å². The van der Waals surface area contributed by atoms with Crippen molar-refractivity contribution >= 4 is 5.97 Å². The molecule has 0 saturated heterocycles. The van der Waals surface area contributed by atoms with Crippen LogP contribution in [0, 0.1) is 5.82 Å². The number of carbonyl (C=O) groups excluding carboxylic acids is 1. The number of rotatable bonds is 1. The van der Waals surface area contributed by atoms with Crippen LogP contribution in [0.3, 0.4) is 0 Å². The fourth-order valence-corrected chi connectivity index (χ4v) is 0.586. The zero-order valence-electron chi connectivity index (χ0n) is 6.81. The van der Waals surface area contributed by atoms with E-state index in [-0.39, 0.29) is 39.1 Å². The first-order valence-corrected chi connectivity index (χ1v) is 2.67. The van der Waals surface area contributed by atoms with Crippen molar-refractivity contribution in [2.45, 2.75) is 0 Å². The minimum Gasteiger partial charge on any atom is -0.545 e. The Morgan fingerprint density at radius 2 is 1.43 bits per heavy atom. The Balaban J connectivity index is -0.000000125. The molecule has 7 heteroatoms. The summed E-state index contributed by atoms with van der Waals surface area (Å²) < 4.78 is 12.1. The second-order valence-corrected chi connectivity index (χ2v) is 1.79. The summed E-state index contributed by atoms with van der Waals surface area (Å²) in [5.74, 6) is -1.75. The van der Waals surface area contributed by atoms with Gasteiger partial charge in [0.05, 0.1) is 5.97 Å². The second kappa shape index (κ2) is 10.1. The minimum atomic E-state index is -1.29. The molecule has 1 aromatic carbocycles. The molecule has 1 radical (unpaired) electrons. The predicted molar refractivity (Wildman–Crippen MR) is 41.6 cm³/mol. The summed E-state index contributed by atoms with van der Waals surface area (Å²) in [5.41, 5.74) is -0.0126. The largest absolute Gasteiger partial charge is 2.00 e. The molecule has 0 amide bonds. The van der Waals surface area contributed by atoms with Crippen molar-refractivity contribution < 1.29 is 47.8 Å². The van der Waals surface area contributed by atoms with Crippen LogP contribution in [0.1, 0.15) is 10.4 Å². The molecular weight excluding hydrogens is 247 g/mol. The van der Waals surface area contributed by atoms with Crippen LogP contribution in [0.4, 0.5) is 4.39 Å². The number of benzene rings is 1. The van der Waals surface area contributed by atoms with Crippen molar-refractivity contribution in [2.24, 2.45) is 0 Å². The van der Waals surface area contributed by atoms with Gasteiger partial charge in [-0.3, -0.25) is 0 Å². The Kier molecular flexibility index (Phi) is 16.7. The van der Waals surface area contributed by atoms with E-state index in [1.165, 1.54) is 0 Å². The van der Waals surface area contributed by atoms with E-state index in [0.717, 1.165) is 24.3 Å². The maximum atomic E-state index is 12.1. The molecule has 85 valence electrons. The van der Waals surface area contributed by atoms with E-state index in [4.69, 9.17) is 0 Å². The van der Waals surface area contributed by atoms with Crippen LogP contribution in [0.2, 0.25) is 0 Å². The molecule has 0 unspecified atom stereocenters. The Morgan fingerprint density at radius 1 is 1.07 bits per heavy atom. The summed E-state index contributed by atoms with van der Waals surface area (Å²) >= 11 is 0. The molecule has 0 fully saturated rings. The van der Waals surface area contributed by atoms with Crippen LogP contribution in [0.15, 0.2) is 24.3 Å². The molecular formula is C7H10CuFO5+. The molecule has 0 saturated carbocycles. The third kappa shape index (κ3) is 6.53. The molecule has 1 aromatic rings. The van der Waals surface area contributed by atoms with Crippen molar-refractivity contribution in [1.29, 1.82) is 0 Å². The average molecular weight is 257 g/mol. The van der Waals surface area contributed by atoms with Gasteiger partial charge in [-0.2, -0.15) is 0 Å². The third-order valence-corrected chi connectivity index (χ3v) is 1.08. The monoisotopic (exact) mass is 256 g/mol. The first kappa shape index (κ1) is 23.1. The van der Waals surface area contributed by atoms with Crippen LogP contribution >= 0.6 is 0 Å². The maximum absolute atomic E-state index is 12.1. The molecule has 0 aliphatic rings. The summed E-state index contributed by atoms with van der Waals surface area (Å²) in [6, 6.07) is 4.46. The van der Waals surface area contributed by atoms with Gasteiger partial charge in [0.1, 0.15) is 5.82 Å². The summed E-state index contributed by atoms with van der Waals surface area (Å²) in [7, 11) is 0. The SMILES string of the molecule is O.O.O.O=C([O-])c1ccc(F)cc1.[Cu+2]. The molecule has 14 heavy (non-hydrogen) atoms. The van der Waals surface area contributed by atoms with E-state index in [0.29, 0.717) is 0 Å². The van der Waals surface area contributed by atoms with Gasteiger partial charge >= 0.3 is 17.1 Å². The van der Waals surface area contributed by atoms with Gasteiger partial charge in [0.25, 0.3) is 0 Å². The fraction of sp³-hybridized carbons (Fsp3) is 0. The number of halogens is 1. The summed E-state index contributed by atoms with van der Waals surface area (Å²) in [6.07, 6.45) is 0. The maximum Gasteiger partial charge on any atom is 2.00 e. The second-order valence-electron chi connectivity index (χ2n) is 1.79. The van der Waals surface area contributed by atoms with Gasteiger partial charge in [-0.15, -0.1) is 0 Å². The van der Waals surface area contributed by atoms with Gasteiger partial charge in [0.2, 0.25) is 0 Å². The smallest absolute Gasteiger partial charge is 0.545 e. The first-order valence-electron chi connectivity index (χ1n) is 2.67. The molecule has 0 spiro atoms. The van der Waals surface area contributed by atoms with Crippen molar-refractivity contribution in [1.82, 2.24) is 0 Å². The number of aromatic carboxylic acids is 1. The predicted octanol–water partition coefficient (Wildman–Crippen LogP) is -2.29. The zero-order valence-corrected chi connectivity index (χ0v) is 7.75. The van der Waals surface area contributed by atoms with E-state index in [9.17, 15) is 14.3 Å². The van der Waals surface area contributed by atoms with Crippen LogP contribution in [-0.4, -0.2) is 22.4 Å². The number of carbonyl (C=O) groups is 1. The average Bonchev–Trinajstić information content (AvgIpc) is 1.88. The summed E-state index contributed by atoms with van der Waals surface area (Å²) in [4.78, 5) is 10.1. The normalized spacial score (nSPS) is 6.64. The van der Waals surface area contributed by atoms with Crippen LogP contribution in [-0.2, 0) is 17.1 Å². The van der Waals surface area contributed by atoms with E-state index in [1.807, 2.05) is 0 Å². The molecule has 6 N–H and O–H groups in total. The molecule has 0 aliphatic carbocycles. The molecule has 1 rings (SSSR count). The Hall–Kier alpha value is -0.981. The first-order chi connectivity index (χ1) is 4.70. The molecule has 0 heterocycles. The molecule has 0 bridgehead atoms. The van der Waals surface area contributed by atoms with Crippen LogP contribution < -0.4 is 5.11 Å². The molecule has 0 aromatic heterocycles. The topological polar surface area (TPSA) is 135 Å². The zero-order chi connectivity index (χ0) is 7.56. The fourth-order valence-electron chi connectivity index (χ4n) is 0.586. The number of carboxylic acid groups (broad SMARTS) is 1. The van der Waals surface area contributed by atoms with Gasteiger partial charge in [-0.05, 0) is 17.7 Å². The summed E-state index contributed by atoms with van der Waals surface area (Å²) in [6.45, 7) is 0. The number of hydrogen-bond donors (Lipinski definition) is 0.